The first kappa shape index (κ1) is 19.4. The van der Waals surface area contributed by atoms with Crippen LogP contribution >= 0.6 is 11.3 Å². The van der Waals surface area contributed by atoms with E-state index < -0.39 is 5.97 Å². The molecule has 0 spiro atoms. The average Bonchev–Trinajstić information content (AvgIpc) is 3.09. The van der Waals surface area contributed by atoms with E-state index in [0.29, 0.717) is 46.5 Å². The summed E-state index contributed by atoms with van der Waals surface area (Å²) < 4.78 is 11.6. The highest BCUT2D eigenvalue weighted by molar-refractivity contribution is 7.17. The summed E-state index contributed by atoms with van der Waals surface area (Å²) in [6, 6.07) is 15.1. The summed E-state index contributed by atoms with van der Waals surface area (Å²) in [5.74, 6) is -0.226. The van der Waals surface area contributed by atoms with Gasteiger partial charge in [0.25, 0.3) is 0 Å². The molecule has 0 radical (unpaired) electrons. The third-order valence-corrected chi connectivity index (χ3v) is 5.13. The van der Waals surface area contributed by atoms with Crippen LogP contribution in [0.15, 0.2) is 42.5 Å². The van der Waals surface area contributed by atoms with Crippen LogP contribution < -0.4 is 9.47 Å². The number of nitrogens with zero attached hydrogens (tertiary/aromatic N) is 2. The van der Waals surface area contributed by atoms with Gasteiger partial charge in [0.1, 0.15) is 22.6 Å². The molecule has 0 aliphatic rings. The summed E-state index contributed by atoms with van der Waals surface area (Å²) >= 11 is 1.07. The summed E-state index contributed by atoms with van der Waals surface area (Å²) in [5, 5.41) is 19.4. The largest absolute Gasteiger partial charge is 0.490 e. The van der Waals surface area contributed by atoms with Crippen molar-refractivity contribution in [3.05, 3.63) is 64.2 Å². The van der Waals surface area contributed by atoms with Crippen LogP contribution in [-0.2, 0) is 6.61 Å². The molecule has 142 valence electrons. The number of hydrogen-bond donors (Lipinski definition) is 1. The summed E-state index contributed by atoms with van der Waals surface area (Å²) in [5.41, 5.74) is 2.34. The molecule has 0 aliphatic heterocycles. The number of benzene rings is 2. The number of aryl methyl sites for hydroxylation is 1. The maximum absolute atomic E-state index is 11.3. The number of thiazole rings is 1. The fourth-order valence-corrected chi connectivity index (χ4v) is 3.56. The van der Waals surface area contributed by atoms with Gasteiger partial charge in [-0.15, -0.1) is 11.3 Å². The molecule has 28 heavy (non-hydrogen) atoms. The van der Waals surface area contributed by atoms with Crippen LogP contribution in [0.3, 0.4) is 0 Å². The number of rotatable bonds is 7. The molecule has 2 aromatic carbocycles. The van der Waals surface area contributed by atoms with Gasteiger partial charge in [-0.3, -0.25) is 0 Å². The molecule has 7 heteroatoms. The Morgan fingerprint density at radius 2 is 2.00 bits per heavy atom. The number of nitriles is 1. The summed E-state index contributed by atoms with van der Waals surface area (Å²) in [6.45, 7) is 4.19. The highest BCUT2D eigenvalue weighted by atomic mass is 32.1. The lowest BCUT2D eigenvalue weighted by Gasteiger charge is -2.14. The minimum absolute atomic E-state index is 0.177. The zero-order valence-electron chi connectivity index (χ0n) is 15.4. The van der Waals surface area contributed by atoms with Crippen LogP contribution in [0.4, 0.5) is 0 Å². The Bertz CT molecular complexity index is 1040. The Morgan fingerprint density at radius 1 is 1.25 bits per heavy atom. The van der Waals surface area contributed by atoms with Crippen molar-refractivity contribution in [1.82, 2.24) is 4.98 Å². The molecule has 0 aliphatic carbocycles. The number of aromatic carboxylic acids is 1. The van der Waals surface area contributed by atoms with Crippen molar-refractivity contribution in [3.63, 3.8) is 0 Å². The molecule has 3 aromatic rings. The standard InChI is InChI=1S/C21H18N2O4S/c1-3-26-17-10-15(20-23-13(2)19(28-20)21(24)25)9-16(11-22)18(17)27-12-14-7-5-4-6-8-14/h4-10H,3,12H2,1-2H3,(H,24,25). The second-order valence-corrected chi connectivity index (χ2v) is 6.91. The Morgan fingerprint density at radius 3 is 2.61 bits per heavy atom. The number of aromatic nitrogens is 1. The fraction of sp³-hybridized carbons (Fsp3) is 0.190. The molecule has 1 N–H and O–H groups in total. The first-order valence-corrected chi connectivity index (χ1v) is 9.43. The first-order valence-electron chi connectivity index (χ1n) is 8.62. The lowest BCUT2D eigenvalue weighted by Crippen LogP contribution is -2.02. The Hall–Kier alpha value is -3.37. The van der Waals surface area contributed by atoms with Gasteiger partial charge < -0.3 is 14.6 Å². The quantitative estimate of drug-likeness (QED) is 0.626. The molecule has 0 saturated carbocycles. The Balaban J connectivity index is 2.00. The molecule has 0 saturated heterocycles. The van der Waals surface area contributed by atoms with Crippen LogP contribution in [0.5, 0.6) is 11.5 Å². The maximum atomic E-state index is 11.3. The second kappa shape index (κ2) is 8.55. The van der Waals surface area contributed by atoms with E-state index in [2.05, 4.69) is 11.1 Å². The summed E-state index contributed by atoms with van der Waals surface area (Å²) in [7, 11) is 0. The Labute approximate surface area is 166 Å². The molecule has 1 heterocycles. The lowest BCUT2D eigenvalue weighted by molar-refractivity contribution is 0.0701. The van der Waals surface area contributed by atoms with Gasteiger partial charge in [-0.2, -0.15) is 5.26 Å². The molecule has 0 atom stereocenters. The van der Waals surface area contributed by atoms with Gasteiger partial charge in [0.15, 0.2) is 11.5 Å². The minimum Gasteiger partial charge on any atom is -0.490 e. The highest BCUT2D eigenvalue weighted by Crippen LogP contribution is 2.38. The predicted molar refractivity (Wildman–Crippen MR) is 106 cm³/mol. The molecule has 0 fully saturated rings. The normalized spacial score (nSPS) is 10.3. The average molecular weight is 394 g/mol. The van der Waals surface area contributed by atoms with Crippen LogP contribution in [-0.4, -0.2) is 22.7 Å². The highest BCUT2D eigenvalue weighted by Gasteiger charge is 2.19. The van der Waals surface area contributed by atoms with Gasteiger partial charge >= 0.3 is 5.97 Å². The van der Waals surface area contributed by atoms with E-state index in [9.17, 15) is 15.2 Å². The molecule has 3 rings (SSSR count). The SMILES string of the molecule is CCOc1cc(-c2nc(C)c(C(=O)O)s2)cc(C#N)c1OCc1ccccc1. The van der Waals surface area contributed by atoms with Gasteiger partial charge in [-0.1, -0.05) is 30.3 Å². The zero-order valence-corrected chi connectivity index (χ0v) is 16.2. The minimum atomic E-state index is -1.02. The molecular formula is C21H18N2O4S. The number of carboxylic acids is 1. The number of carboxylic acid groups (broad SMARTS) is 1. The smallest absolute Gasteiger partial charge is 0.347 e. The van der Waals surface area contributed by atoms with Crippen LogP contribution in [0, 0.1) is 18.3 Å². The molecule has 6 nitrogen and oxygen atoms in total. The summed E-state index contributed by atoms with van der Waals surface area (Å²) in [4.78, 5) is 15.8. The van der Waals surface area contributed by atoms with Gasteiger partial charge in [0.05, 0.1) is 17.9 Å². The van der Waals surface area contributed by atoms with Gasteiger partial charge in [-0.25, -0.2) is 9.78 Å². The number of carbonyl (C=O) groups is 1. The van der Waals surface area contributed by atoms with Gasteiger partial charge in [0, 0.05) is 5.56 Å². The van der Waals surface area contributed by atoms with E-state index in [-0.39, 0.29) is 4.88 Å². The van der Waals surface area contributed by atoms with Crippen molar-refractivity contribution in [1.29, 1.82) is 5.26 Å². The van der Waals surface area contributed by atoms with Crippen LogP contribution in [0.2, 0.25) is 0 Å². The molecular weight excluding hydrogens is 376 g/mol. The van der Waals surface area contributed by atoms with Crippen molar-refractivity contribution < 1.29 is 19.4 Å². The zero-order chi connectivity index (χ0) is 20.1. The van der Waals surface area contributed by atoms with Crippen LogP contribution in [0.1, 0.15) is 33.4 Å². The molecule has 0 unspecified atom stereocenters. The summed E-state index contributed by atoms with van der Waals surface area (Å²) in [6.07, 6.45) is 0. The second-order valence-electron chi connectivity index (χ2n) is 5.91. The number of hydrogen-bond acceptors (Lipinski definition) is 6. The molecule has 1 aromatic heterocycles. The predicted octanol–water partition coefficient (Wildman–Crippen LogP) is 4.67. The van der Waals surface area contributed by atoms with Crippen molar-refractivity contribution in [2.75, 3.05) is 6.61 Å². The number of ether oxygens (including phenoxy) is 2. The van der Waals surface area contributed by atoms with Crippen LogP contribution in [0.25, 0.3) is 10.6 Å². The Kier molecular flexibility index (Phi) is 5.92. The topological polar surface area (TPSA) is 92.4 Å². The molecule has 0 bridgehead atoms. The van der Waals surface area contributed by atoms with E-state index >= 15 is 0 Å². The van der Waals surface area contributed by atoms with Crippen molar-refractivity contribution in [3.8, 4) is 28.1 Å². The van der Waals surface area contributed by atoms with E-state index in [0.717, 1.165) is 16.9 Å². The third-order valence-electron chi connectivity index (χ3n) is 3.94. The molecule has 0 amide bonds. The van der Waals surface area contributed by atoms with E-state index in [1.165, 1.54) is 0 Å². The van der Waals surface area contributed by atoms with E-state index in [1.54, 1.807) is 19.1 Å². The first-order chi connectivity index (χ1) is 13.5. The fourth-order valence-electron chi connectivity index (χ4n) is 2.67. The lowest BCUT2D eigenvalue weighted by atomic mass is 10.1. The third kappa shape index (κ3) is 4.13. The van der Waals surface area contributed by atoms with Gasteiger partial charge in [0.2, 0.25) is 0 Å². The van der Waals surface area contributed by atoms with Gasteiger partial charge in [-0.05, 0) is 31.5 Å². The maximum Gasteiger partial charge on any atom is 0.347 e. The van der Waals surface area contributed by atoms with Crippen molar-refractivity contribution in [2.24, 2.45) is 0 Å². The van der Waals surface area contributed by atoms with Crippen molar-refractivity contribution in [2.45, 2.75) is 20.5 Å². The monoisotopic (exact) mass is 394 g/mol. The van der Waals surface area contributed by atoms with Crippen molar-refractivity contribution >= 4 is 17.3 Å². The van der Waals surface area contributed by atoms with E-state index in [1.807, 2.05) is 37.3 Å². The van der Waals surface area contributed by atoms with E-state index in [4.69, 9.17) is 9.47 Å².